The van der Waals surface area contributed by atoms with Crippen molar-refractivity contribution in [2.75, 3.05) is 30.3 Å². The third-order valence-corrected chi connectivity index (χ3v) is 6.32. The van der Waals surface area contributed by atoms with Gasteiger partial charge in [-0.3, -0.25) is 10.6 Å². The van der Waals surface area contributed by atoms with Crippen LogP contribution in [0, 0.1) is 6.92 Å². The van der Waals surface area contributed by atoms with E-state index in [0.29, 0.717) is 12.3 Å². The molecule has 0 aromatic carbocycles. The molecule has 2 aliphatic heterocycles. The SMILES string of the molecule is Cc1cn2nc([C@@H]3CCCCN3C(=O)C(CS)NN)cc2nc1N1CC[C@H](N)C1. The zero-order valence-electron chi connectivity index (χ0n) is 16.8. The van der Waals surface area contributed by atoms with E-state index in [0.717, 1.165) is 61.5 Å². The molecule has 0 aliphatic carbocycles. The summed E-state index contributed by atoms with van der Waals surface area (Å²) in [4.78, 5) is 21.9. The number of amides is 1. The molecule has 0 bridgehead atoms. The highest BCUT2D eigenvalue weighted by molar-refractivity contribution is 7.80. The number of hydrogen-bond acceptors (Lipinski definition) is 8. The van der Waals surface area contributed by atoms with Gasteiger partial charge in [0.25, 0.3) is 0 Å². The maximum absolute atomic E-state index is 12.9. The molecular formula is C19H30N8OS. The van der Waals surface area contributed by atoms with E-state index in [2.05, 4.69) is 23.0 Å². The number of fused-ring (bicyclic) bond motifs is 1. The summed E-state index contributed by atoms with van der Waals surface area (Å²) in [6.45, 7) is 4.50. The van der Waals surface area contributed by atoms with Crippen molar-refractivity contribution in [3.63, 3.8) is 0 Å². The predicted octanol–water partition coefficient (Wildman–Crippen LogP) is 0.390. The van der Waals surface area contributed by atoms with Gasteiger partial charge in [0, 0.05) is 49.3 Å². The summed E-state index contributed by atoms with van der Waals surface area (Å²) >= 11 is 4.25. The molecule has 0 saturated carbocycles. The highest BCUT2D eigenvalue weighted by Gasteiger charge is 2.33. The number of aromatic nitrogens is 3. The molecule has 1 amide bonds. The Labute approximate surface area is 176 Å². The average molecular weight is 419 g/mol. The van der Waals surface area contributed by atoms with E-state index in [9.17, 15) is 4.79 Å². The van der Waals surface area contributed by atoms with Crippen LogP contribution in [-0.4, -0.2) is 62.9 Å². The van der Waals surface area contributed by atoms with E-state index in [1.807, 2.05) is 28.6 Å². The minimum absolute atomic E-state index is 0.0276. The van der Waals surface area contributed by atoms with Gasteiger partial charge in [-0.2, -0.15) is 17.7 Å². The number of thiol groups is 1. The number of nitrogens with zero attached hydrogens (tertiary/aromatic N) is 5. The van der Waals surface area contributed by atoms with Crippen LogP contribution < -0.4 is 21.9 Å². The molecule has 4 rings (SSSR count). The van der Waals surface area contributed by atoms with E-state index < -0.39 is 6.04 Å². The number of anilines is 1. The number of rotatable bonds is 5. The summed E-state index contributed by atoms with van der Waals surface area (Å²) in [6, 6.07) is 1.63. The van der Waals surface area contributed by atoms with Gasteiger partial charge in [0.2, 0.25) is 5.91 Å². The van der Waals surface area contributed by atoms with Crippen molar-refractivity contribution in [2.24, 2.45) is 11.6 Å². The van der Waals surface area contributed by atoms with Crippen LogP contribution in [0.5, 0.6) is 0 Å². The Morgan fingerprint density at radius 3 is 2.90 bits per heavy atom. The fourth-order valence-electron chi connectivity index (χ4n) is 4.39. The Bertz CT molecular complexity index is 882. The van der Waals surface area contributed by atoms with Crippen LogP contribution in [0.25, 0.3) is 5.65 Å². The molecular weight excluding hydrogens is 388 g/mol. The number of aryl methyl sites for hydroxylation is 1. The van der Waals surface area contributed by atoms with E-state index >= 15 is 0 Å². The van der Waals surface area contributed by atoms with Gasteiger partial charge in [-0.1, -0.05) is 0 Å². The molecule has 4 heterocycles. The lowest BCUT2D eigenvalue weighted by Gasteiger charge is -2.36. The topological polar surface area (TPSA) is 118 Å². The van der Waals surface area contributed by atoms with E-state index in [1.54, 1.807) is 0 Å². The van der Waals surface area contributed by atoms with Gasteiger partial charge in [0.15, 0.2) is 5.65 Å². The van der Waals surface area contributed by atoms with Crippen molar-refractivity contribution in [1.29, 1.82) is 0 Å². The molecule has 2 aromatic heterocycles. The number of hydrazine groups is 1. The fourth-order valence-corrected chi connectivity index (χ4v) is 4.65. The van der Waals surface area contributed by atoms with Gasteiger partial charge in [0.05, 0.1) is 11.7 Å². The van der Waals surface area contributed by atoms with Gasteiger partial charge in [-0.05, 0) is 32.6 Å². The molecule has 2 fully saturated rings. The predicted molar refractivity (Wildman–Crippen MR) is 116 cm³/mol. The summed E-state index contributed by atoms with van der Waals surface area (Å²) < 4.78 is 1.82. The number of carbonyl (C=O) groups is 1. The lowest BCUT2D eigenvalue weighted by molar-refractivity contribution is -0.136. The standard InChI is InChI=1S/C19H30N8OS/c1-12-9-27-17(22-18(12)25-7-5-13(20)10-25)8-14(24-27)16-4-2-3-6-26(16)19(28)15(11-29)23-21/h8-9,13,15-16,23,29H,2-7,10-11,20-21H2,1H3/t13-,15?,16-/m0/s1. The van der Waals surface area contributed by atoms with Crippen LogP contribution in [0.1, 0.15) is 43.0 Å². The zero-order valence-corrected chi connectivity index (χ0v) is 17.7. The summed E-state index contributed by atoms with van der Waals surface area (Å²) in [7, 11) is 0. The molecule has 0 radical (unpaired) electrons. The van der Waals surface area contributed by atoms with Crippen LogP contribution in [0.15, 0.2) is 12.3 Å². The van der Waals surface area contributed by atoms with Gasteiger partial charge < -0.3 is 15.5 Å². The minimum atomic E-state index is -0.498. The van der Waals surface area contributed by atoms with Crippen molar-refractivity contribution >= 4 is 30.0 Å². The number of carbonyl (C=O) groups excluding carboxylic acids is 1. The Morgan fingerprint density at radius 1 is 1.38 bits per heavy atom. The third-order valence-electron chi connectivity index (χ3n) is 5.96. The van der Waals surface area contributed by atoms with Crippen molar-refractivity contribution in [1.82, 2.24) is 24.9 Å². The van der Waals surface area contributed by atoms with Gasteiger partial charge in [-0.25, -0.2) is 14.9 Å². The quantitative estimate of drug-likeness (QED) is 0.315. The van der Waals surface area contributed by atoms with Crippen molar-refractivity contribution < 1.29 is 4.79 Å². The summed E-state index contributed by atoms with van der Waals surface area (Å²) in [5.41, 5.74) is 11.4. The second-order valence-corrected chi connectivity index (χ2v) is 8.42. The maximum Gasteiger partial charge on any atom is 0.242 e. The van der Waals surface area contributed by atoms with Gasteiger partial charge >= 0.3 is 0 Å². The molecule has 29 heavy (non-hydrogen) atoms. The van der Waals surface area contributed by atoms with E-state index in [4.69, 9.17) is 21.7 Å². The second kappa shape index (κ2) is 8.47. The third kappa shape index (κ3) is 3.94. The van der Waals surface area contributed by atoms with Crippen LogP contribution >= 0.6 is 12.6 Å². The Hall–Kier alpha value is -1.88. The van der Waals surface area contributed by atoms with Crippen LogP contribution in [-0.2, 0) is 4.79 Å². The highest BCUT2D eigenvalue weighted by atomic mass is 32.1. The Kier molecular flexibility index (Phi) is 5.95. The molecule has 0 spiro atoms. The first kappa shape index (κ1) is 20.4. The number of nitrogens with one attached hydrogen (secondary N) is 1. The maximum atomic E-state index is 12.9. The normalized spacial score (nSPS) is 23.7. The Balaban J connectivity index is 1.64. The molecule has 2 aliphatic rings. The minimum Gasteiger partial charge on any atom is -0.355 e. The number of piperidine rings is 1. The first-order valence-electron chi connectivity index (χ1n) is 10.3. The monoisotopic (exact) mass is 418 g/mol. The Morgan fingerprint density at radius 2 is 2.21 bits per heavy atom. The van der Waals surface area contributed by atoms with Gasteiger partial charge in [-0.15, -0.1) is 0 Å². The van der Waals surface area contributed by atoms with Crippen molar-refractivity contribution in [3.05, 3.63) is 23.5 Å². The molecule has 9 nitrogen and oxygen atoms in total. The number of likely N-dealkylation sites (tertiary alicyclic amines) is 1. The summed E-state index contributed by atoms with van der Waals surface area (Å²) in [5.74, 6) is 6.84. The second-order valence-electron chi connectivity index (χ2n) is 8.06. The van der Waals surface area contributed by atoms with Crippen molar-refractivity contribution in [2.45, 2.75) is 50.7 Å². The van der Waals surface area contributed by atoms with Crippen molar-refractivity contribution in [3.8, 4) is 0 Å². The van der Waals surface area contributed by atoms with E-state index in [-0.39, 0.29) is 18.0 Å². The largest absolute Gasteiger partial charge is 0.355 e. The first-order valence-corrected chi connectivity index (χ1v) is 10.9. The fraction of sp³-hybridized carbons (Fsp3) is 0.632. The molecule has 3 atom stereocenters. The first-order chi connectivity index (χ1) is 14.0. The lowest BCUT2D eigenvalue weighted by atomic mass is 9.98. The molecule has 158 valence electrons. The molecule has 5 N–H and O–H groups in total. The lowest BCUT2D eigenvalue weighted by Crippen LogP contribution is -2.52. The van der Waals surface area contributed by atoms with Gasteiger partial charge in [0.1, 0.15) is 11.9 Å². The molecule has 2 aromatic rings. The van der Waals surface area contributed by atoms with E-state index in [1.165, 1.54) is 0 Å². The molecule has 2 saturated heterocycles. The van der Waals surface area contributed by atoms with Crippen LogP contribution in [0.4, 0.5) is 5.82 Å². The summed E-state index contributed by atoms with van der Waals surface area (Å²) in [5, 5.41) is 4.77. The number of nitrogens with two attached hydrogens (primary N) is 2. The zero-order chi connectivity index (χ0) is 20.5. The average Bonchev–Trinajstić information content (AvgIpc) is 3.33. The van der Waals surface area contributed by atoms with Crippen LogP contribution in [0.3, 0.4) is 0 Å². The molecule has 10 heteroatoms. The van der Waals surface area contributed by atoms with Crippen LogP contribution in [0.2, 0.25) is 0 Å². The molecule has 1 unspecified atom stereocenters. The smallest absolute Gasteiger partial charge is 0.242 e. The number of hydrogen-bond donors (Lipinski definition) is 4. The highest BCUT2D eigenvalue weighted by Crippen LogP contribution is 2.32. The summed E-state index contributed by atoms with van der Waals surface area (Å²) in [6.07, 6.45) is 5.92.